The van der Waals surface area contributed by atoms with Gasteiger partial charge in [-0.2, -0.15) is 0 Å². The summed E-state index contributed by atoms with van der Waals surface area (Å²) in [5, 5.41) is 0. The Hall–Kier alpha value is -3.02. The molecule has 0 aliphatic heterocycles. The molecule has 4 rings (SSSR count). The predicted octanol–water partition coefficient (Wildman–Crippen LogP) is 13.7. The van der Waals surface area contributed by atoms with Crippen molar-refractivity contribution in [1.82, 2.24) is 0 Å². The summed E-state index contributed by atoms with van der Waals surface area (Å²) in [6.07, 6.45) is 31.9. The van der Waals surface area contributed by atoms with E-state index in [1.165, 1.54) is 141 Å². The second-order valence-corrected chi connectivity index (χ2v) is 17.0. The standard InChI is InChI=1S/C49H76O6/c1-4-6-8-10-12-16-40-20-24-42(25-21-40)18-14-36-52-46-32-28-44(29-33-46)48(50)54-38-39(3)55-49(51)45-30-34-47(35-31-45)53-37-15-19-43-26-22-41(23-27-43)17-13-11-9-7-5-2/h28-35,39-43H,4-27,36-38H2,1-3H3/t39-,40-,41-,42-,43-/m1/s1. The Morgan fingerprint density at radius 3 is 1.27 bits per heavy atom. The largest absolute Gasteiger partial charge is 0.494 e. The first-order chi connectivity index (χ1) is 26.9. The fraction of sp³-hybridized carbons (Fsp3) is 0.714. The van der Waals surface area contributed by atoms with Crippen molar-refractivity contribution < 1.29 is 28.5 Å². The number of ether oxygens (including phenoxy) is 4. The van der Waals surface area contributed by atoms with Crippen LogP contribution in [0, 0.1) is 23.7 Å². The molecular weight excluding hydrogens is 685 g/mol. The lowest BCUT2D eigenvalue weighted by Gasteiger charge is -2.28. The monoisotopic (exact) mass is 761 g/mol. The molecule has 0 unspecified atom stereocenters. The molecule has 308 valence electrons. The van der Waals surface area contributed by atoms with Crippen LogP contribution in [0.25, 0.3) is 0 Å². The lowest BCUT2D eigenvalue weighted by atomic mass is 9.78. The third-order valence-corrected chi connectivity index (χ3v) is 12.4. The maximum Gasteiger partial charge on any atom is 0.338 e. The molecule has 6 nitrogen and oxygen atoms in total. The van der Waals surface area contributed by atoms with Gasteiger partial charge in [0.05, 0.1) is 24.3 Å². The van der Waals surface area contributed by atoms with Crippen molar-refractivity contribution in [3.63, 3.8) is 0 Å². The molecule has 0 aromatic heterocycles. The average molecular weight is 761 g/mol. The number of hydrogen-bond acceptors (Lipinski definition) is 6. The van der Waals surface area contributed by atoms with E-state index in [0.29, 0.717) is 24.3 Å². The van der Waals surface area contributed by atoms with E-state index < -0.39 is 18.0 Å². The molecule has 0 bridgehead atoms. The highest BCUT2D eigenvalue weighted by Gasteiger charge is 2.22. The predicted molar refractivity (Wildman–Crippen MR) is 225 cm³/mol. The van der Waals surface area contributed by atoms with Crippen LogP contribution < -0.4 is 9.47 Å². The summed E-state index contributed by atoms with van der Waals surface area (Å²) in [5.74, 6) is 4.21. The molecule has 0 radical (unpaired) electrons. The van der Waals surface area contributed by atoms with Gasteiger partial charge in [-0.1, -0.05) is 142 Å². The summed E-state index contributed by atoms with van der Waals surface area (Å²) in [4.78, 5) is 25.4. The number of esters is 2. The van der Waals surface area contributed by atoms with Gasteiger partial charge in [0.25, 0.3) is 0 Å². The molecule has 2 fully saturated rings. The van der Waals surface area contributed by atoms with Crippen molar-refractivity contribution in [2.24, 2.45) is 23.7 Å². The Labute approximate surface area is 335 Å². The van der Waals surface area contributed by atoms with E-state index in [2.05, 4.69) is 13.8 Å². The molecule has 2 aromatic carbocycles. The summed E-state index contributed by atoms with van der Waals surface area (Å²) >= 11 is 0. The first-order valence-corrected chi connectivity index (χ1v) is 22.8. The smallest absolute Gasteiger partial charge is 0.338 e. The van der Waals surface area contributed by atoms with Gasteiger partial charge in [-0.15, -0.1) is 0 Å². The van der Waals surface area contributed by atoms with Gasteiger partial charge in [0.15, 0.2) is 0 Å². The Bertz CT molecular complexity index is 1290. The molecule has 55 heavy (non-hydrogen) atoms. The maximum atomic E-state index is 12.7. The van der Waals surface area contributed by atoms with E-state index in [1.54, 1.807) is 31.2 Å². The highest BCUT2D eigenvalue weighted by atomic mass is 16.6. The average Bonchev–Trinajstić information content (AvgIpc) is 3.21. The van der Waals surface area contributed by atoms with Gasteiger partial charge in [0.2, 0.25) is 0 Å². The topological polar surface area (TPSA) is 71.1 Å². The van der Waals surface area contributed by atoms with Crippen LogP contribution in [0.5, 0.6) is 11.5 Å². The molecule has 0 saturated heterocycles. The van der Waals surface area contributed by atoms with E-state index in [-0.39, 0.29) is 6.61 Å². The van der Waals surface area contributed by atoms with E-state index in [9.17, 15) is 9.59 Å². The SMILES string of the molecule is CCCCCCC[C@H]1CC[C@H](CCCOc2ccc(C(=O)OC[C@@H](C)OC(=O)c3ccc(OCCC[C@H]4CC[C@H](CCCCCCC)CC4)cc3)cc2)CC1. The number of rotatable bonds is 27. The molecule has 2 aromatic rings. The molecule has 0 N–H and O–H groups in total. The number of hydrogen-bond donors (Lipinski definition) is 0. The molecular formula is C49H76O6. The number of unbranched alkanes of at least 4 members (excludes halogenated alkanes) is 8. The summed E-state index contributed by atoms with van der Waals surface area (Å²) in [6.45, 7) is 7.66. The van der Waals surface area contributed by atoms with Gasteiger partial charge < -0.3 is 18.9 Å². The van der Waals surface area contributed by atoms with Crippen molar-refractivity contribution in [2.75, 3.05) is 19.8 Å². The summed E-state index contributed by atoms with van der Waals surface area (Å²) in [6, 6.07) is 14.2. The van der Waals surface area contributed by atoms with Gasteiger partial charge in [0.1, 0.15) is 24.2 Å². The minimum Gasteiger partial charge on any atom is -0.494 e. The molecule has 1 atom stereocenters. The Morgan fingerprint density at radius 2 is 0.873 bits per heavy atom. The fourth-order valence-electron chi connectivity index (χ4n) is 8.75. The third-order valence-electron chi connectivity index (χ3n) is 12.4. The molecule has 0 heterocycles. The van der Waals surface area contributed by atoms with Crippen LogP contribution >= 0.6 is 0 Å². The summed E-state index contributed by atoms with van der Waals surface area (Å²) < 4.78 is 23.0. The zero-order valence-electron chi connectivity index (χ0n) is 35.0. The first kappa shape index (κ1) is 44.7. The lowest BCUT2D eigenvalue weighted by Crippen LogP contribution is -2.22. The molecule has 2 saturated carbocycles. The van der Waals surface area contributed by atoms with Crippen LogP contribution in [-0.4, -0.2) is 37.9 Å². The Kier molecular flexibility index (Phi) is 21.7. The van der Waals surface area contributed by atoms with Crippen LogP contribution in [0.1, 0.15) is 196 Å². The summed E-state index contributed by atoms with van der Waals surface area (Å²) in [5.41, 5.74) is 0.888. The van der Waals surface area contributed by atoms with E-state index in [1.807, 2.05) is 24.3 Å². The van der Waals surface area contributed by atoms with Crippen LogP contribution in [0.15, 0.2) is 48.5 Å². The Morgan fingerprint density at radius 1 is 0.509 bits per heavy atom. The van der Waals surface area contributed by atoms with E-state index in [0.717, 1.165) is 48.0 Å². The summed E-state index contributed by atoms with van der Waals surface area (Å²) in [7, 11) is 0. The van der Waals surface area contributed by atoms with Crippen molar-refractivity contribution in [3.8, 4) is 11.5 Å². The highest BCUT2D eigenvalue weighted by molar-refractivity contribution is 5.90. The van der Waals surface area contributed by atoms with Gasteiger partial charge >= 0.3 is 11.9 Å². The number of carbonyl (C=O) groups excluding carboxylic acids is 2. The van der Waals surface area contributed by atoms with Crippen LogP contribution in [0.3, 0.4) is 0 Å². The molecule has 2 aliphatic carbocycles. The number of carbonyl (C=O) groups is 2. The van der Waals surface area contributed by atoms with Gasteiger partial charge in [0, 0.05) is 0 Å². The molecule has 2 aliphatic rings. The highest BCUT2D eigenvalue weighted by Crippen LogP contribution is 2.35. The van der Waals surface area contributed by atoms with Crippen LogP contribution in [0.4, 0.5) is 0 Å². The second-order valence-electron chi connectivity index (χ2n) is 17.0. The van der Waals surface area contributed by atoms with Crippen molar-refractivity contribution >= 4 is 11.9 Å². The normalized spacial score (nSPS) is 20.4. The maximum absolute atomic E-state index is 12.7. The lowest BCUT2D eigenvalue weighted by molar-refractivity contribution is 0.00447. The van der Waals surface area contributed by atoms with Gasteiger partial charge in [-0.25, -0.2) is 9.59 Å². The molecule has 0 amide bonds. The minimum absolute atomic E-state index is 0.0222. The van der Waals surface area contributed by atoms with E-state index in [4.69, 9.17) is 18.9 Å². The van der Waals surface area contributed by atoms with Crippen molar-refractivity contribution in [3.05, 3.63) is 59.7 Å². The van der Waals surface area contributed by atoms with Gasteiger partial charge in [-0.3, -0.25) is 0 Å². The van der Waals surface area contributed by atoms with Crippen LogP contribution in [0.2, 0.25) is 0 Å². The zero-order chi connectivity index (χ0) is 38.9. The Balaban J connectivity index is 1.01. The van der Waals surface area contributed by atoms with E-state index >= 15 is 0 Å². The molecule has 0 spiro atoms. The third kappa shape index (κ3) is 18.2. The first-order valence-electron chi connectivity index (χ1n) is 22.8. The zero-order valence-corrected chi connectivity index (χ0v) is 35.0. The second kappa shape index (κ2) is 26.8. The van der Waals surface area contributed by atoms with Crippen LogP contribution in [-0.2, 0) is 9.47 Å². The van der Waals surface area contributed by atoms with Crippen molar-refractivity contribution in [2.45, 2.75) is 181 Å². The number of benzene rings is 2. The minimum atomic E-state index is -0.582. The molecule has 6 heteroatoms. The van der Waals surface area contributed by atoms with Gasteiger partial charge in [-0.05, 0) is 105 Å². The fourth-order valence-corrected chi connectivity index (χ4v) is 8.75. The van der Waals surface area contributed by atoms with Crippen molar-refractivity contribution in [1.29, 1.82) is 0 Å². The quantitative estimate of drug-likeness (QED) is 0.0667.